The minimum Gasteiger partial charge on any atom is -0.388 e. The predicted molar refractivity (Wildman–Crippen MR) is 79.0 cm³/mol. The summed E-state index contributed by atoms with van der Waals surface area (Å²) in [5.74, 6) is 0.724. The fourth-order valence-corrected chi connectivity index (χ4v) is 4.24. The molecular formula is C14H21N3O2S. The van der Waals surface area contributed by atoms with Gasteiger partial charge in [-0.25, -0.2) is 4.98 Å². The van der Waals surface area contributed by atoms with Gasteiger partial charge in [-0.05, 0) is 32.6 Å². The van der Waals surface area contributed by atoms with E-state index >= 15 is 0 Å². The van der Waals surface area contributed by atoms with E-state index in [-0.39, 0.29) is 5.91 Å². The number of carbonyl (C=O) groups is 1. The van der Waals surface area contributed by atoms with Crippen LogP contribution in [0.4, 0.5) is 5.13 Å². The molecule has 5 nitrogen and oxygen atoms in total. The molecule has 0 saturated carbocycles. The number of fused-ring (bicyclic) bond motifs is 1. The normalized spacial score (nSPS) is 27.9. The van der Waals surface area contributed by atoms with Crippen LogP contribution in [0.1, 0.15) is 42.9 Å². The first-order chi connectivity index (χ1) is 9.54. The summed E-state index contributed by atoms with van der Waals surface area (Å²) in [6.07, 6.45) is 2.15. The first-order valence-electron chi connectivity index (χ1n) is 7.24. The number of aliphatic hydroxyl groups excluding tert-OH is 1. The van der Waals surface area contributed by atoms with Gasteiger partial charge < -0.3 is 15.3 Å². The molecule has 2 aliphatic rings. The van der Waals surface area contributed by atoms with Crippen molar-refractivity contribution in [2.45, 2.75) is 45.3 Å². The number of aryl methyl sites for hydroxylation is 1. The summed E-state index contributed by atoms with van der Waals surface area (Å²) in [6, 6.07) is 0.338. The molecule has 110 valence electrons. The molecule has 20 heavy (non-hydrogen) atoms. The third-order valence-electron chi connectivity index (χ3n) is 4.29. The van der Waals surface area contributed by atoms with Crippen LogP contribution in [0.5, 0.6) is 0 Å². The molecule has 0 bridgehead atoms. The highest BCUT2D eigenvalue weighted by molar-refractivity contribution is 7.15. The topological polar surface area (TPSA) is 65.5 Å². The van der Waals surface area contributed by atoms with E-state index in [1.807, 2.05) is 6.92 Å². The monoisotopic (exact) mass is 295 g/mol. The maximum Gasteiger partial charge on any atom is 0.220 e. The van der Waals surface area contributed by atoms with E-state index in [4.69, 9.17) is 0 Å². The summed E-state index contributed by atoms with van der Waals surface area (Å²) < 4.78 is 0. The molecule has 1 amide bonds. The molecule has 2 aliphatic heterocycles. The third kappa shape index (κ3) is 2.54. The number of aliphatic hydroxyl groups is 1. The summed E-state index contributed by atoms with van der Waals surface area (Å²) >= 11 is 1.59. The second-order valence-electron chi connectivity index (χ2n) is 5.83. The van der Waals surface area contributed by atoms with E-state index in [2.05, 4.69) is 15.2 Å². The molecule has 0 spiro atoms. The summed E-state index contributed by atoms with van der Waals surface area (Å²) in [6.45, 7) is 5.62. The minimum absolute atomic E-state index is 0.196. The van der Waals surface area contributed by atoms with Crippen LogP contribution in [0.2, 0.25) is 0 Å². The number of anilines is 1. The van der Waals surface area contributed by atoms with Gasteiger partial charge in [-0.15, -0.1) is 0 Å². The van der Waals surface area contributed by atoms with Crippen molar-refractivity contribution in [1.29, 1.82) is 0 Å². The van der Waals surface area contributed by atoms with Crippen LogP contribution >= 0.6 is 11.3 Å². The summed E-state index contributed by atoms with van der Waals surface area (Å²) in [7, 11) is 0. The second-order valence-corrected chi connectivity index (χ2v) is 6.84. The van der Waals surface area contributed by atoms with E-state index in [1.54, 1.807) is 18.3 Å². The van der Waals surface area contributed by atoms with Crippen LogP contribution in [0, 0.1) is 12.8 Å². The molecule has 2 N–H and O–H groups in total. The zero-order valence-electron chi connectivity index (χ0n) is 11.9. The molecule has 1 aromatic rings. The van der Waals surface area contributed by atoms with Crippen molar-refractivity contribution in [3.05, 3.63) is 10.6 Å². The molecule has 0 aliphatic carbocycles. The lowest BCUT2D eigenvalue weighted by Crippen LogP contribution is -2.54. The standard InChI is InChI=1S/C14H21N3O2S/c1-8-13(9(2)18)20-14(15-8)17-6-5-11-10(7-17)3-4-12(19)16-11/h9-11,18H,3-7H2,1-2H3,(H,16,19). The molecule has 2 saturated heterocycles. The van der Waals surface area contributed by atoms with Gasteiger partial charge in [-0.3, -0.25) is 4.79 Å². The summed E-state index contributed by atoms with van der Waals surface area (Å²) in [4.78, 5) is 19.3. The van der Waals surface area contributed by atoms with Crippen LogP contribution in [0.3, 0.4) is 0 Å². The van der Waals surface area contributed by atoms with Gasteiger partial charge in [0.1, 0.15) is 0 Å². The van der Waals surface area contributed by atoms with E-state index in [9.17, 15) is 9.90 Å². The van der Waals surface area contributed by atoms with Gasteiger partial charge in [0.2, 0.25) is 5.91 Å². The van der Waals surface area contributed by atoms with Crippen molar-refractivity contribution in [1.82, 2.24) is 10.3 Å². The molecule has 3 heterocycles. The highest BCUT2D eigenvalue weighted by Gasteiger charge is 2.34. The van der Waals surface area contributed by atoms with Crippen LogP contribution in [-0.2, 0) is 4.79 Å². The number of thiazole rings is 1. The van der Waals surface area contributed by atoms with Crippen LogP contribution < -0.4 is 10.2 Å². The number of hydrogen-bond donors (Lipinski definition) is 2. The predicted octanol–water partition coefficient (Wildman–Crippen LogP) is 1.61. The molecule has 6 heteroatoms. The van der Waals surface area contributed by atoms with E-state index in [1.165, 1.54) is 0 Å². The van der Waals surface area contributed by atoms with Crippen LogP contribution in [0.25, 0.3) is 0 Å². The maximum atomic E-state index is 11.4. The first-order valence-corrected chi connectivity index (χ1v) is 8.06. The van der Waals surface area contributed by atoms with Crippen molar-refractivity contribution in [2.24, 2.45) is 5.92 Å². The zero-order chi connectivity index (χ0) is 14.3. The Kier molecular flexibility index (Phi) is 3.69. The van der Waals surface area contributed by atoms with Crippen LogP contribution in [0.15, 0.2) is 0 Å². The smallest absolute Gasteiger partial charge is 0.220 e. The lowest BCUT2D eigenvalue weighted by molar-refractivity contribution is -0.124. The van der Waals surface area contributed by atoms with Gasteiger partial charge in [0.25, 0.3) is 0 Å². The van der Waals surface area contributed by atoms with Gasteiger partial charge in [-0.2, -0.15) is 0 Å². The fourth-order valence-electron chi connectivity index (χ4n) is 3.20. The van der Waals surface area contributed by atoms with E-state index < -0.39 is 6.10 Å². The largest absolute Gasteiger partial charge is 0.388 e. The molecular weight excluding hydrogens is 274 g/mol. The van der Waals surface area contributed by atoms with E-state index in [0.29, 0.717) is 18.4 Å². The second kappa shape index (κ2) is 5.33. The number of nitrogens with zero attached hydrogens (tertiary/aromatic N) is 2. The Labute approximate surface area is 123 Å². The zero-order valence-corrected chi connectivity index (χ0v) is 12.7. The van der Waals surface area contributed by atoms with Crippen molar-refractivity contribution < 1.29 is 9.90 Å². The number of hydrogen-bond acceptors (Lipinski definition) is 5. The van der Waals surface area contributed by atoms with Crippen molar-refractivity contribution in [3.63, 3.8) is 0 Å². The van der Waals surface area contributed by atoms with Gasteiger partial charge in [0.15, 0.2) is 5.13 Å². The molecule has 0 radical (unpaired) electrons. The number of amides is 1. The lowest BCUT2D eigenvalue weighted by Gasteiger charge is -2.41. The maximum absolute atomic E-state index is 11.4. The fraction of sp³-hybridized carbons (Fsp3) is 0.714. The average Bonchev–Trinajstić information content (AvgIpc) is 2.80. The Balaban J connectivity index is 1.73. The van der Waals surface area contributed by atoms with Gasteiger partial charge in [0.05, 0.1) is 16.7 Å². The number of rotatable bonds is 2. The van der Waals surface area contributed by atoms with Crippen molar-refractivity contribution in [2.75, 3.05) is 18.0 Å². The number of aromatic nitrogens is 1. The van der Waals surface area contributed by atoms with Crippen LogP contribution in [-0.4, -0.2) is 35.1 Å². The quantitative estimate of drug-likeness (QED) is 0.870. The Hall–Kier alpha value is -1.14. The molecule has 1 aromatic heterocycles. The van der Waals surface area contributed by atoms with Crippen molar-refractivity contribution in [3.8, 4) is 0 Å². The van der Waals surface area contributed by atoms with E-state index in [0.717, 1.165) is 41.6 Å². The summed E-state index contributed by atoms with van der Waals surface area (Å²) in [5, 5.41) is 13.8. The van der Waals surface area contributed by atoms with Gasteiger partial charge in [-0.1, -0.05) is 11.3 Å². The lowest BCUT2D eigenvalue weighted by atomic mass is 9.85. The van der Waals surface area contributed by atoms with Gasteiger partial charge >= 0.3 is 0 Å². The molecule has 2 fully saturated rings. The molecule has 3 unspecified atom stereocenters. The Morgan fingerprint density at radius 3 is 3.00 bits per heavy atom. The Morgan fingerprint density at radius 1 is 1.50 bits per heavy atom. The molecule has 0 aromatic carbocycles. The molecule has 3 rings (SSSR count). The number of carbonyl (C=O) groups excluding carboxylic acids is 1. The minimum atomic E-state index is -0.451. The third-order valence-corrected chi connectivity index (χ3v) is 5.68. The Morgan fingerprint density at radius 2 is 2.30 bits per heavy atom. The average molecular weight is 295 g/mol. The summed E-state index contributed by atoms with van der Waals surface area (Å²) in [5.41, 5.74) is 0.930. The van der Waals surface area contributed by atoms with Gasteiger partial charge in [0, 0.05) is 25.6 Å². The number of nitrogens with one attached hydrogen (secondary N) is 1. The SMILES string of the molecule is Cc1nc(N2CCC3NC(=O)CCC3C2)sc1C(C)O. The Bertz CT molecular complexity index is 515. The van der Waals surface area contributed by atoms with Crippen molar-refractivity contribution >= 4 is 22.4 Å². The molecule has 3 atom stereocenters. The first kappa shape index (κ1) is 13.8. The highest BCUT2D eigenvalue weighted by Crippen LogP contribution is 2.34. The highest BCUT2D eigenvalue weighted by atomic mass is 32.1. The number of piperidine rings is 2.